The van der Waals surface area contributed by atoms with Gasteiger partial charge < -0.3 is 15.5 Å². The highest BCUT2D eigenvalue weighted by atomic mass is 16.2. The van der Waals surface area contributed by atoms with Crippen molar-refractivity contribution in [2.45, 2.75) is 63.1 Å². The van der Waals surface area contributed by atoms with Crippen molar-refractivity contribution in [3.8, 4) is 0 Å². The molecule has 130 valence electrons. The number of aryl methyl sites for hydroxylation is 1. The molecular weight excluding hydrogens is 308 g/mol. The topological polar surface area (TPSA) is 92.1 Å². The third kappa shape index (κ3) is 2.74. The number of nitrogens with zero attached hydrogens (tertiary/aromatic N) is 4. The maximum Gasteiger partial charge on any atom is 0.315 e. The Bertz CT molecular complexity index is 657. The number of hydrogen-bond acceptors (Lipinski definition) is 4. The molecule has 2 saturated heterocycles. The molecule has 3 amide bonds. The summed E-state index contributed by atoms with van der Waals surface area (Å²) in [6.07, 6.45) is 6.11. The van der Waals surface area contributed by atoms with E-state index in [0.29, 0.717) is 6.42 Å². The van der Waals surface area contributed by atoms with Crippen LogP contribution in [0.15, 0.2) is 0 Å². The van der Waals surface area contributed by atoms with Gasteiger partial charge in [-0.15, -0.1) is 5.10 Å². The SMILES string of the molecule is Cn1nnc2c1CCC(NC(=O)NC1CC(=O)N3CCCCC13)C2. The highest BCUT2D eigenvalue weighted by molar-refractivity contribution is 5.82. The molecule has 1 aliphatic carbocycles. The van der Waals surface area contributed by atoms with Gasteiger partial charge in [0.1, 0.15) is 0 Å². The number of fused-ring (bicyclic) bond motifs is 2. The minimum atomic E-state index is -0.169. The lowest BCUT2D eigenvalue weighted by molar-refractivity contribution is -0.129. The van der Waals surface area contributed by atoms with Crippen molar-refractivity contribution in [2.24, 2.45) is 7.05 Å². The van der Waals surface area contributed by atoms with Crippen molar-refractivity contribution in [1.29, 1.82) is 0 Å². The number of nitrogens with one attached hydrogen (secondary N) is 2. The van der Waals surface area contributed by atoms with Gasteiger partial charge in [0.05, 0.1) is 23.5 Å². The van der Waals surface area contributed by atoms with Crippen LogP contribution in [0.1, 0.15) is 43.5 Å². The molecule has 8 heteroatoms. The number of carbonyl (C=O) groups is 2. The minimum absolute atomic E-state index is 0.0616. The second-order valence-corrected chi connectivity index (χ2v) is 7.12. The fraction of sp³-hybridized carbons (Fsp3) is 0.750. The Morgan fingerprint density at radius 1 is 1.21 bits per heavy atom. The van der Waals surface area contributed by atoms with Gasteiger partial charge in [-0.1, -0.05) is 5.21 Å². The third-order valence-corrected chi connectivity index (χ3v) is 5.57. The molecule has 2 aliphatic heterocycles. The van der Waals surface area contributed by atoms with Crippen LogP contribution in [-0.4, -0.2) is 56.5 Å². The van der Waals surface area contributed by atoms with Crippen LogP contribution < -0.4 is 10.6 Å². The van der Waals surface area contributed by atoms with Gasteiger partial charge in [-0.05, 0) is 32.1 Å². The molecule has 2 fully saturated rings. The molecule has 0 bridgehead atoms. The summed E-state index contributed by atoms with van der Waals surface area (Å²) in [5.41, 5.74) is 2.14. The minimum Gasteiger partial charge on any atom is -0.338 e. The zero-order valence-corrected chi connectivity index (χ0v) is 14.0. The van der Waals surface area contributed by atoms with E-state index in [-0.39, 0.29) is 30.1 Å². The molecule has 2 N–H and O–H groups in total. The molecule has 0 saturated carbocycles. The number of rotatable bonds is 2. The summed E-state index contributed by atoms with van der Waals surface area (Å²) >= 11 is 0. The first-order valence-electron chi connectivity index (χ1n) is 8.86. The summed E-state index contributed by atoms with van der Waals surface area (Å²) in [7, 11) is 1.90. The molecule has 3 aliphatic rings. The van der Waals surface area contributed by atoms with Crippen molar-refractivity contribution in [1.82, 2.24) is 30.5 Å². The van der Waals surface area contributed by atoms with Crippen molar-refractivity contribution in [2.75, 3.05) is 6.54 Å². The first-order valence-corrected chi connectivity index (χ1v) is 8.86. The summed E-state index contributed by atoms with van der Waals surface area (Å²) in [5.74, 6) is 0.173. The first-order chi connectivity index (χ1) is 11.6. The van der Waals surface area contributed by atoms with E-state index in [1.165, 1.54) is 0 Å². The summed E-state index contributed by atoms with van der Waals surface area (Å²) in [6, 6.07) is 0.0229. The molecule has 4 rings (SSSR count). The lowest BCUT2D eigenvalue weighted by Gasteiger charge is -2.33. The maximum absolute atomic E-state index is 12.4. The number of carbonyl (C=O) groups excluding carboxylic acids is 2. The average Bonchev–Trinajstić information content (AvgIpc) is 3.09. The van der Waals surface area contributed by atoms with Crippen LogP contribution in [0.2, 0.25) is 0 Å². The molecule has 0 radical (unpaired) electrons. The zero-order valence-electron chi connectivity index (χ0n) is 14.0. The van der Waals surface area contributed by atoms with Gasteiger partial charge in [0.25, 0.3) is 0 Å². The zero-order chi connectivity index (χ0) is 16.7. The van der Waals surface area contributed by atoms with Gasteiger partial charge in [0, 0.05) is 32.5 Å². The van der Waals surface area contributed by atoms with Crippen molar-refractivity contribution >= 4 is 11.9 Å². The molecule has 3 atom stereocenters. The van der Waals surface area contributed by atoms with E-state index in [1.54, 1.807) is 0 Å². The second kappa shape index (κ2) is 6.07. The van der Waals surface area contributed by atoms with Crippen LogP contribution in [0.5, 0.6) is 0 Å². The van der Waals surface area contributed by atoms with E-state index >= 15 is 0 Å². The number of urea groups is 1. The Balaban J connectivity index is 1.33. The highest BCUT2D eigenvalue weighted by Gasteiger charge is 2.41. The van der Waals surface area contributed by atoms with Crippen LogP contribution in [0, 0.1) is 0 Å². The quantitative estimate of drug-likeness (QED) is 0.805. The predicted octanol–water partition coefficient (Wildman–Crippen LogP) is 0.125. The van der Waals surface area contributed by atoms with Crippen LogP contribution in [-0.2, 0) is 24.7 Å². The normalized spacial score (nSPS) is 29.1. The number of hydrogen-bond donors (Lipinski definition) is 2. The maximum atomic E-state index is 12.4. The lowest BCUT2D eigenvalue weighted by atomic mass is 9.96. The molecule has 3 unspecified atom stereocenters. The largest absolute Gasteiger partial charge is 0.338 e. The average molecular weight is 332 g/mol. The molecule has 0 spiro atoms. The van der Waals surface area contributed by atoms with Crippen molar-refractivity contribution in [3.05, 3.63) is 11.4 Å². The Labute approximate surface area is 141 Å². The molecule has 1 aromatic rings. The van der Waals surface area contributed by atoms with E-state index in [2.05, 4.69) is 20.9 Å². The first kappa shape index (κ1) is 15.4. The van der Waals surface area contributed by atoms with Crippen molar-refractivity contribution < 1.29 is 9.59 Å². The monoisotopic (exact) mass is 332 g/mol. The van der Waals surface area contributed by atoms with Crippen LogP contribution in [0.4, 0.5) is 4.79 Å². The standard InChI is InChI=1S/C16H24N6O2/c1-21-13-6-5-10(8-12(13)19-20-21)17-16(24)18-11-9-15(23)22-7-3-2-4-14(11)22/h10-11,14H,2-9H2,1H3,(H2,17,18,24). The Morgan fingerprint density at radius 3 is 2.96 bits per heavy atom. The fourth-order valence-electron chi connectivity index (χ4n) is 4.32. The Kier molecular flexibility index (Phi) is 3.90. The van der Waals surface area contributed by atoms with Crippen LogP contribution >= 0.6 is 0 Å². The van der Waals surface area contributed by atoms with Gasteiger partial charge in [-0.3, -0.25) is 9.48 Å². The number of amides is 3. The molecule has 8 nitrogen and oxygen atoms in total. The summed E-state index contributed by atoms with van der Waals surface area (Å²) < 4.78 is 1.81. The van der Waals surface area contributed by atoms with E-state index in [0.717, 1.165) is 56.5 Å². The van der Waals surface area contributed by atoms with Gasteiger partial charge in [-0.2, -0.15) is 0 Å². The smallest absolute Gasteiger partial charge is 0.315 e. The molecule has 24 heavy (non-hydrogen) atoms. The van der Waals surface area contributed by atoms with Gasteiger partial charge >= 0.3 is 6.03 Å². The van der Waals surface area contributed by atoms with Crippen LogP contribution in [0.25, 0.3) is 0 Å². The fourth-order valence-corrected chi connectivity index (χ4v) is 4.32. The van der Waals surface area contributed by atoms with E-state index in [1.807, 2.05) is 16.6 Å². The van der Waals surface area contributed by atoms with Crippen LogP contribution in [0.3, 0.4) is 0 Å². The second-order valence-electron chi connectivity index (χ2n) is 7.12. The molecular formula is C16H24N6O2. The Hall–Kier alpha value is -2.12. The Morgan fingerprint density at radius 2 is 2.08 bits per heavy atom. The number of aromatic nitrogens is 3. The molecule has 1 aromatic heterocycles. The van der Waals surface area contributed by atoms with E-state index in [4.69, 9.17) is 0 Å². The number of piperidine rings is 1. The summed E-state index contributed by atoms with van der Waals surface area (Å²) in [5, 5.41) is 14.3. The van der Waals surface area contributed by atoms with E-state index < -0.39 is 0 Å². The molecule has 0 aromatic carbocycles. The van der Waals surface area contributed by atoms with Gasteiger partial charge in [-0.25, -0.2) is 4.79 Å². The molecule has 3 heterocycles. The van der Waals surface area contributed by atoms with E-state index in [9.17, 15) is 9.59 Å². The summed E-state index contributed by atoms with van der Waals surface area (Å²) in [6.45, 7) is 0.835. The van der Waals surface area contributed by atoms with Gasteiger partial charge in [0.15, 0.2) is 0 Å². The van der Waals surface area contributed by atoms with Crippen molar-refractivity contribution in [3.63, 3.8) is 0 Å². The highest BCUT2D eigenvalue weighted by Crippen LogP contribution is 2.28. The summed E-state index contributed by atoms with van der Waals surface area (Å²) in [4.78, 5) is 26.4. The third-order valence-electron chi connectivity index (χ3n) is 5.57. The lowest BCUT2D eigenvalue weighted by Crippen LogP contribution is -2.52. The predicted molar refractivity (Wildman–Crippen MR) is 86.2 cm³/mol. The van der Waals surface area contributed by atoms with Gasteiger partial charge in [0.2, 0.25) is 5.91 Å².